The zero-order valence-electron chi connectivity index (χ0n) is 9.08. The van der Waals surface area contributed by atoms with Crippen LogP contribution >= 0.6 is 0 Å². The average Bonchev–Trinajstić information content (AvgIpc) is 1.95. The lowest BCUT2D eigenvalue weighted by molar-refractivity contribution is -0.136. The highest BCUT2D eigenvalue weighted by Gasteiger charge is 2.20. The van der Waals surface area contributed by atoms with Crippen molar-refractivity contribution in [2.75, 3.05) is 33.7 Å². The van der Waals surface area contributed by atoms with Crippen LogP contribution in [0.25, 0.3) is 0 Å². The molecule has 0 aromatic heterocycles. The molecule has 0 heterocycles. The molecule has 0 radical (unpaired) electrons. The van der Waals surface area contributed by atoms with Crippen LogP contribution in [0.3, 0.4) is 0 Å². The summed E-state index contributed by atoms with van der Waals surface area (Å²) in [5.41, 5.74) is -0.817. The Hall–Kier alpha value is -0.650. The normalized spacial score (nSPS) is 15.5. The second-order valence-corrected chi connectivity index (χ2v) is 4.06. The number of carboxylic acids is 1. The highest BCUT2D eigenvalue weighted by molar-refractivity contribution is 5.66. The zero-order chi connectivity index (χ0) is 11.2. The SMILES string of the molecule is CN(C)CC(C)(O)CNCCC(=O)O. The van der Waals surface area contributed by atoms with Gasteiger partial charge in [-0.2, -0.15) is 0 Å². The van der Waals surface area contributed by atoms with Gasteiger partial charge >= 0.3 is 5.97 Å². The summed E-state index contributed by atoms with van der Waals surface area (Å²) in [6, 6.07) is 0. The van der Waals surface area contributed by atoms with Crippen LogP contribution in [0, 0.1) is 0 Å². The topological polar surface area (TPSA) is 72.8 Å². The number of nitrogens with one attached hydrogen (secondary N) is 1. The fraction of sp³-hybridized carbons (Fsp3) is 0.889. The third-order valence-electron chi connectivity index (χ3n) is 1.68. The standard InChI is InChI=1S/C9H20N2O3/c1-9(14,7-11(2)3)6-10-5-4-8(12)13/h10,14H,4-7H2,1-3H3,(H,12,13). The van der Waals surface area contributed by atoms with Crippen molar-refractivity contribution in [2.24, 2.45) is 0 Å². The largest absolute Gasteiger partial charge is 0.481 e. The van der Waals surface area contributed by atoms with Crippen molar-refractivity contribution < 1.29 is 15.0 Å². The second kappa shape index (κ2) is 5.95. The summed E-state index contributed by atoms with van der Waals surface area (Å²) < 4.78 is 0. The fourth-order valence-electron chi connectivity index (χ4n) is 1.29. The Bertz CT molecular complexity index is 181. The van der Waals surface area contributed by atoms with Crippen LogP contribution in [0.15, 0.2) is 0 Å². The molecule has 0 spiro atoms. The summed E-state index contributed by atoms with van der Waals surface area (Å²) in [6.45, 7) is 3.06. The number of nitrogens with zero attached hydrogens (tertiary/aromatic N) is 1. The molecule has 0 aliphatic heterocycles. The van der Waals surface area contributed by atoms with E-state index in [-0.39, 0.29) is 6.42 Å². The summed E-state index contributed by atoms with van der Waals surface area (Å²) >= 11 is 0. The van der Waals surface area contributed by atoms with Crippen LogP contribution < -0.4 is 5.32 Å². The summed E-state index contributed by atoms with van der Waals surface area (Å²) in [4.78, 5) is 12.1. The van der Waals surface area contributed by atoms with Gasteiger partial charge in [0.2, 0.25) is 0 Å². The minimum atomic E-state index is -0.829. The molecule has 5 heteroatoms. The summed E-state index contributed by atoms with van der Waals surface area (Å²) in [7, 11) is 3.76. The first kappa shape index (κ1) is 13.4. The molecule has 0 aromatic rings. The van der Waals surface area contributed by atoms with E-state index in [4.69, 9.17) is 5.11 Å². The van der Waals surface area contributed by atoms with Crippen LogP contribution in [0.5, 0.6) is 0 Å². The average molecular weight is 204 g/mol. The maximum Gasteiger partial charge on any atom is 0.304 e. The predicted molar refractivity (Wildman–Crippen MR) is 54.3 cm³/mol. The third-order valence-corrected chi connectivity index (χ3v) is 1.68. The maximum atomic E-state index is 10.2. The molecule has 0 rings (SSSR count). The number of likely N-dealkylation sites (N-methyl/N-ethyl adjacent to an activating group) is 1. The number of rotatable bonds is 7. The zero-order valence-corrected chi connectivity index (χ0v) is 9.08. The van der Waals surface area contributed by atoms with Crippen LogP contribution in [0.4, 0.5) is 0 Å². The minimum absolute atomic E-state index is 0.0814. The molecule has 0 saturated heterocycles. The molecule has 0 aromatic carbocycles. The molecule has 1 unspecified atom stereocenters. The van der Waals surface area contributed by atoms with Crippen molar-refractivity contribution in [3.8, 4) is 0 Å². The maximum absolute atomic E-state index is 10.2. The van der Waals surface area contributed by atoms with Crippen molar-refractivity contribution in [2.45, 2.75) is 18.9 Å². The quantitative estimate of drug-likeness (QED) is 0.481. The molecular formula is C9H20N2O3. The number of carbonyl (C=O) groups is 1. The van der Waals surface area contributed by atoms with Gasteiger partial charge in [-0.25, -0.2) is 0 Å². The monoisotopic (exact) mass is 204 g/mol. The van der Waals surface area contributed by atoms with Crippen LogP contribution in [0.1, 0.15) is 13.3 Å². The second-order valence-electron chi connectivity index (χ2n) is 4.06. The van der Waals surface area contributed by atoms with Gasteiger partial charge in [-0.3, -0.25) is 4.79 Å². The molecule has 3 N–H and O–H groups in total. The van der Waals surface area contributed by atoms with E-state index in [2.05, 4.69) is 5.32 Å². The van der Waals surface area contributed by atoms with Gasteiger partial charge in [-0.15, -0.1) is 0 Å². The molecule has 0 saturated carbocycles. The predicted octanol–water partition coefficient (Wildman–Crippen LogP) is -0.637. The first-order valence-corrected chi connectivity index (χ1v) is 4.63. The molecule has 84 valence electrons. The fourth-order valence-corrected chi connectivity index (χ4v) is 1.29. The van der Waals surface area contributed by atoms with Crippen LogP contribution in [-0.2, 0) is 4.79 Å². The van der Waals surface area contributed by atoms with Gasteiger partial charge in [0.25, 0.3) is 0 Å². The number of carboxylic acid groups (broad SMARTS) is 1. The molecule has 5 nitrogen and oxygen atoms in total. The number of aliphatic hydroxyl groups is 1. The molecule has 0 aliphatic rings. The lowest BCUT2D eigenvalue weighted by atomic mass is 10.1. The van der Waals surface area contributed by atoms with E-state index >= 15 is 0 Å². The molecule has 0 aliphatic carbocycles. The Balaban J connectivity index is 3.60. The van der Waals surface area contributed by atoms with Gasteiger partial charge in [-0.1, -0.05) is 0 Å². The van der Waals surface area contributed by atoms with E-state index in [1.165, 1.54) is 0 Å². The smallest absolute Gasteiger partial charge is 0.304 e. The first-order valence-electron chi connectivity index (χ1n) is 4.63. The van der Waals surface area contributed by atoms with Gasteiger partial charge in [-0.05, 0) is 21.0 Å². The third kappa shape index (κ3) is 7.97. The number of hydrogen-bond acceptors (Lipinski definition) is 4. The highest BCUT2D eigenvalue weighted by Crippen LogP contribution is 2.02. The van der Waals surface area contributed by atoms with Gasteiger partial charge < -0.3 is 20.4 Å². The van der Waals surface area contributed by atoms with Crippen LogP contribution in [-0.4, -0.2) is 60.4 Å². The van der Waals surface area contributed by atoms with E-state index in [1.807, 2.05) is 19.0 Å². The van der Waals surface area contributed by atoms with Crippen molar-refractivity contribution in [3.05, 3.63) is 0 Å². The van der Waals surface area contributed by atoms with Gasteiger partial charge in [0.15, 0.2) is 0 Å². The van der Waals surface area contributed by atoms with E-state index in [1.54, 1.807) is 6.92 Å². The van der Waals surface area contributed by atoms with Gasteiger partial charge in [0.1, 0.15) is 0 Å². The number of aliphatic carboxylic acids is 1. The first-order chi connectivity index (χ1) is 6.33. The van der Waals surface area contributed by atoms with Crippen molar-refractivity contribution >= 4 is 5.97 Å². The van der Waals surface area contributed by atoms with E-state index in [9.17, 15) is 9.90 Å². The summed E-state index contributed by atoms with van der Waals surface area (Å²) in [5.74, 6) is -0.829. The molecule has 14 heavy (non-hydrogen) atoms. The molecule has 0 fully saturated rings. The lowest BCUT2D eigenvalue weighted by Gasteiger charge is -2.27. The molecule has 0 amide bonds. The Morgan fingerprint density at radius 3 is 2.50 bits per heavy atom. The van der Waals surface area contributed by atoms with Gasteiger partial charge in [0, 0.05) is 19.6 Å². The van der Waals surface area contributed by atoms with Crippen LogP contribution in [0.2, 0.25) is 0 Å². The Morgan fingerprint density at radius 1 is 1.50 bits per heavy atom. The van der Waals surface area contributed by atoms with Crippen molar-refractivity contribution in [1.82, 2.24) is 10.2 Å². The summed E-state index contributed by atoms with van der Waals surface area (Å²) in [6.07, 6.45) is 0.0814. The highest BCUT2D eigenvalue weighted by atomic mass is 16.4. The van der Waals surface area contributed by atoms with Gasteiger partial charge in [0.05, 0.1) is 12.0 Å². The molecule has 1 atom stereocenters. The Morgan fingerprint density at radius 2 is 2.07 bits per heavy atom. The van der Waals surface area contributed by atoms with Crippen molar-refractivity contribution in [1.29, 1.82) is 0 Å². The summed E-state index contributed by atoms with van der Waals surface area (Å²) in [5, 5.41) is 21.1. The Kier molecular flexibility index (Phi) is 5.68. The Labute approximate surface area is 84.7 Å². The number of hydrogen-bond donors (Lipinski definition) is 3. The minimum Gasteiger partial charge on any atom is -0.481 e. The molecule has 0 bridgehead atoms. The van der Waals surface area contributed by atoms with E-state index < -0.39 is 11.6 Å². The molecular weight excluding hydrogens is 184 g/mol. The lowest BCUT2D eigenvalue weighted by Crippen LogP contribution is -2.45. The van der Waals surface area contributed by atoms with E-state index in [0.29, 0.717) is 19.6 Å². The van der Waals surface area contributed by atoms with E-state index in [0.717, 1.165) is 0 Å². The van der Waals surface area contributed by atoms with Crippen molar-refractivity contribution in [3.63, 3.8) is 0 Å².